The zero-order chi connectivity index (χ0) is 13.9. The zero-order valence-corrected chi connectivity index (χ0v) is 12.6. The van der Waals surface area contributed by atoms with E-state index in [-0.39, 0.29) is 6.10 Å². The summed E-state index contributed by atoms with van der Waals surface area (Å²) in [6, 6.07) is 0. The Morgan fingerprint density at radius 1 is 1.32 bits per heavy atom. The maximum absolute atomic E-state index is 5.35. The number of ether oxygens (including phenoxy) is 1. The minimum atomic E-state index is 0.232. The van der Waals surface area contributed by atoms with Crippen molar-refractivity contribution in [2.75, 3.05) is 20.7 Å². The van der Waals surface area contributed by atoms with Crippen molar-refractivity contribution in [2.24, 2.45) is 0 Å². The molecule has 0 aromatic carbocycles. The summed E-state index contributed by atoms with van der Waals surface area (Å²) >= 11 is 0. The summed E-state index contributed by atoms with van der Waals surface area (Å²) in [4.78, 5) is 0. The maximum atomic E-state index is 5.35. The van der Waals surface area contributed by atoms with Gasteiger partial charge < -0.3 is 10.1 Å². The molecule has 0 fully saturated rings. The molecular formula is C14H28N4O. The van der Waals surface area contributed by atoms with Crippen LogP contribution < -0.4 is 5.32 Å². The van der Waals surface area contributed by atoms with Crippen LogP contribution in [0.5, 0.6) is 0 Å². The summed E-state index contributed by atoms with van der Waals surface area (Å²) in [5, 5.41) is 11.5. The summed E-state index contributed by atoms with van der Waals surface area (Å²) in [5.41, 5.74) is 1.10. The Kier molecular flexibility index (Phi) is 8.41. The number of aryl methyl sites for hydroxylation is 1. The van der Waals surface area contributed by atoms with Crippen LogP contribution in [0.25, 0.3) is 0 Å². The molecular weight excluding hydrogens is 240 g/mol. The molecule has 1 aromatic heterocycles. The lowest BCUT2D eigenvalue weighted by Gasteiger charge is -2.11. The van der Waals surface area contributed by atoms with Crippen molar-refractivity contribution >= 4 is 0 Å². The molecule has 5 heteroatoms. The van der Waals surface area contributed by atoms with Gasteiger partial charge in [0.05, 0.1) is 18.3 Å². The molecule has 1 N–H and O–H groups in total. The Balaban J connectivity index is 2.19. The third-order valence-corrected chi connectivity index (χ3v) is 3.38. The van der Waals surface area contributed by atoms with Gasteiger partial charge in [-0.2, -0.15) is 0 Å². The molecule has 1 aromatic rings. The topological polar surface area (TPSA) is 52.0 Å². The van der Waals surface area contributed by atoms with E-state index >= 15 is 0 Å². The Morgan fingerprint density at radius 3 is 2.79 bits per heavy atom. The lowest BCUT2D eigenvalue weighted by molar-refractivity contribution is 0.0810. The van der Waals surface area contributed by atoms with Gasteiger partial charge in [-0.05, 0) is 39.3 Å². The summed E-state index contributed by atoms with van der Waals surface area (Å²) in [7, 11) is 3.75. The highest BCUT2D eigenvalue weighted by molar-refractivity contribution is 4.92. The van der Waals surface area contributed by atoms with Crippen LogP contribution in [0.3, 0.4) is 0 Å². The summed E-state index contributed by atoms with van der Waals surface area (Å²) in [6.45, 7) is 4.03. The number of hydrogen-bond acceptors (Lipinski definition) is 4. The first-order valence-corrected chi connectivity index (χ1v) is 7.36. The molecule has 0 aliphatic carbocycles. The summed E-state index contributed by atoms with van der Waals surface area (Å²) in [5.74, 6) is 0. The van der Waals surface area contributed by atoms with Gasteiger partial charge in [-0.1, -0.05) is 25.0 Å². The van der Waals surface area contributed by atoms with Crippen LogP contribution in [-0.4, -0.2) is 41.8 Å². The van der Waals surface area contributed by atoms with Gasteiger partial charge >= 0.3 is 0 Å². The molecule has 0 spiro atoms. The quantitative estimate of drug-likeness (QED) is 0.624. The SMILES string of the molecule is CCC(Cn1cc(CCCCCCNC)nn1)OC. The minimum absolute atomic E-state index is 0.232. The highest BCUT2D eigenvalue weighted by atomic mass is 16.5. The first-order valence-electron chi connectivity index (χ1n) is 7.36. The normalized spacial score (nSPS) is 12.8. The fourth-order valence-electron chi connectivity index (χ4n) is 2.08. The van der Waals surface area contributed by atoms with E-state index in [1.165, 1.54) is 25.7 Å². The van der Waals surface area contributed by atoms with Gasteiger partial charge in [-0.15, -0.1) is 5.10 Å². The lowest BCUT2D eigenvalue weighted by Crippen LogP contribution is -2.17. The number of hydrogen-bond donors (Lipinski definition) is 1. The average Bonchev–Trinajstić information content (AvgIpc) is 2.87. The van der Waals surface area contributed by atoms with Crippen molar-refractivity contribution in [2.45, 2.75) is 58.1 Å². The number of aromatic nitrogens is 3. The number of rotatable bonds is 11. The van der Waals surface area contributed by atoms with Gasteiger partial charge in [0.2, 0.25) is 0 Å². The second-order valence-electron chi connectivity index (χ2n) is 4.97. The molecule has 0 saturated heterocycles. The highest BCUT2D eigenvalue weighted by Gasteiger charge is 2.07. The van der Waals surface area contributed by atoms with E-state index in [4.69, 9.17) is 4.74 Å². The first kappa shape index (κ1) is 16.1. The van der Waals surface area contributed by atoms with E-state index in [0.717, 1.165) is 31.6 Å². The van der Waals surface area contributed by atoms with Crippen LogP contribution in [-0.2, 0) is 17.7 Å². The molecule has 1 heterocycles. The van der Waals surface area contributed by atoms with E-state index in [2.05, 4.69) is 28.7 Å². The van der Waals surface area contributed by atoms with Gasteiger partial charge in [0.15, 0.2) is 0 Å². The first-order chi connectivity index (χ1) is 9.30. The third-order valence-electron chi connectivity index (χ3n) is 3.38. The van der Waals surface area contributed by atoms with Crippen LogP contribution in [0.15, 0.2) is 6.20 Å². The molecule has 0 saturated carbocycles. The maximum Gasteiger partial charge on any atom is 0.0827 e. The zero-order valence-electron chi connectivity index (χ0n) is 12.6. The summed E-state index contributed by atoms with van der Waals surface area (Å²) < 4.78 is 7.25. The van der Waals surface area contributed by atoms with Crippen molar-refractivity contribution in [1.82, 2.24) is 20.3 Å². The third kappa shape index (κ3) is 6.68. The van der Waals surface area contributed by atoms with E-state index in [0.29, 0.717) is 0 Å². The predicted molar refractivity (Wildman–Crippen MR) is 77.2 cm³/mol. The Labute approximate surface area is 116 Å². The van der Waals surface area contributed by atoms with E-state index in [1.807, 2.05) is 11.7 Å². The molecule has 0 aliphatic rings. The van der Waals surface area contributed by atoms with Gasteiger partial charge in [-0.25, -0.2) is 4.68 Å². The fourth-order valence-corrected chi connectivity index (χ4v) is 2.08. The van der Waals surface area contributed by atoms with Gasteiger partial charge in [0, 0.05) is 13.3 Å². The smallest absolute Gasteiger partial charge is 0.0827 e. The van der Waals surface area contributed by atoms with E-state index < -0.39 is 0 Å². The van der Waals surface area contributed by atoms with Gasteiger partial charge in [-0.3, -0.25) is 0 Å². The van der Waals surface area contributed by atoms with E-state index in [9.17, 15) is 0 Å². The Morgan fingerprint density at radius 2 is 2.11 bits per heavy atom. The lowest BCUT2D eigenvalue weighted by atomic mass is 10.1. The van der Waals surface area contributed by atoms with Crippen molar-refractivity contribution in [3.63, 3.8) is 0 Å². The standard InChI is InChI=1S/C14H28N4O/c1-4-14(19-3)12-18-11-13(16-17-18)9-7-5-6-8-10-15-2/h11,14-15H,4-10,12H2,1-3H3. The highest BCUT2D eigenvalue weighted by Crippen LogP contribution is 2.06. The Hall–Kier alpha value is -0.940. The largest absolute Gasteiger partial charge is 0.380 e. The van der Waals surface area contributed by atoms with Crippen molar-refractivity contribution in [3.8, 4) is 0 Å². The number of unbranched alkanes of at least 4 members (excludes halogenated alkanes) is 3. The second-order valence-corrected chi connectivity index (χ2v) is 4.97. The van der Waals surface area contributed by atoms with Crippen molar-refractivity contribution < 1.29 is 4.74 Å². The molecule has 5 nitrogen and oxygen atoms in total. The molecule has 0 bridgehead atoms. The molecule has 1 unspecified atom stereocenters. The Bertz CT molecular complexity index is 323. The molecule has 0 aliphatic heterocycles. The van der Waals surface area contributed by atoms with Gasteiger partial charge in [0.1, 0.15) is 0 Å². The average molecular weight is 268 g/mol. The van der Waals surface area contributed by atoms with Crippen LogP contribution in [0, 0.1) is 0 Å². The van der Waals surface area contributed by atoms with Crippen LogP contribution in [0.4, 0.5) is 0 Å². The van der Waals surface area contributed by atoms with E-state index in [1.54, 1.807) is 7.11 Å². The molecule has 1 rings (SSSR count). The monoisotopic (exact) mass is 268 g/mol. The second kappa shape index (κ2) is 9.92. The molecule has 0 amide bonds. The summed E-state index contributed by atoms with van der Waals surface area (Å²) in [6.07, 6.45) is 9.33. The number of methoxy groups -OCH3 is 1. The molecule has 110 valence electrons. The van der Waals surface area contributed by atoms with Crippen LogP contribution in [0.1, 0.15) is 44.7 Å². The molecule has 1 atom stereocenters. The fraction of sp³-hybridized carbons (Fsp3) is 0.857. The van der Waals surface area contributed by atoms with Crippen LogP contribution >= 0.6 is 0 Å². The minimum Gasteiger partial charge on any atom is -0.380 e. The number of nitrogens with one attached hydrogen (secondary N) is 1. The van der Waals surface area contributed by atoms with Gasteiger partial charge in [0.25, 0.3) is 0 Å². The predicted octanol–water partition coefficient (Wildman–Crippen LogP) is 2.03. The van der Waals surface area contributed by atoms with Crippen molar-refractivity contribution in [1.29, 1.82) is 0 Å². The van der Waals surface area contributed by atoms with Crippen LogP contribution in [0.2, 0.25) is 0 Å². The number of nitrogens with zero attached hydrogens (tertiary/aromatic N) is 3. The van der Waals surface area contributed by atoms with Crippen molar-refractivity contribution in [3.05, 3.63) is 11.9 Å². The molecule has 19 heavy (non-hydrogen) atoms. The molecule has 0 radical (unpaired) electrons.